The number of rotatable bonds is 7. The Morgan fingerprint density at radius 1 is 1.03 bits per heavy atom. The van der Waals surface area contributed by atoms with Gasteiger partial charge < -0.3 is 20.4 Å². The fourth-order valence-electron chi connectivity index (χ4n) is 3.36. The summed E-state index contributed by atoms with van der Waals surface area (Å²) in [6.07, 6.45) is -3.26. The summed E-state index contributed by atoms with van der Waals surface area (Å²) in [4.78, 5) is 36.5. The Hall–Kier alpha value is -4.59. The van der Waals surface area contributed by atoms with Gasteiger partial charge in [-0.3, -0.25) is 14.4 Å². The maximum absolute atomic E-state index is 13.5. The van der Waals surface area contributed by atoms with Crippen LogP contribution in [0.2, 0.25) is 0 Å². The lowest BCUT2D eigenvalue weighted by atomic mass is 9.99. The average Bonchev–Trinajstić information content (AvgIpc) is 3.40. The number of hydrogen-bond donors (Lipinski definition) is 3. The molecule has 11 heteroatoms. The number of nitrogens with one attached hydrogen (secondary N) is 3. The molecule has 3 rings (SSSR count). The zero-order valence-electron chi connectivity index (χ0n) is 19.0. The normalized spacial score (nSPS) is 11.8. The van der Waals surface area contributed by atoms with E-state index in [4.69, 9.17) is 9.68 Å². The first-order valence-electron chi connectivity index (χ1n) is 10.7. The highest BCUT2D eigenvalue weighted by atomic mass is 19.4. The van der Waals surface area contributed by atoms with Crippen molar-refractivity contribution in [2.75, 3.05) is 6.54 Å². The minimum Gasteiger partial charge on any atom is -0.464 e. The third-order valence-corrected chi connectivity index (χ3v) is 5.17. The van der Waals surface area contributed by atoms with Crippen LogP contribution in [0.3, 0.4) is 0 Å². The summed E-state index contributed by atoms with van der Waals surface area (Å²) in [6, 6.07) is 13.7. The molecule has 0 aliphatic heterocycles. The van der Waals surface area contributed by atoms with E-state index in [0.717, 1.165) is 12.1 Å². The molecule has 0 saturated heterocycles. The van der Waals surface area contributed by atoms with Gasteiger partial charge in [-0.2, -0.15) is 18.4 Å². The summed E-state index contributed by atoms with van der Waals surface area (Å²) in [7, 11) is 0. The van der Waals surface area contributed by atoms with Crippen LogP contribution in [0, 0.1) is 11.3 Å². The first-order chi connectivity index (χ1) is 17.1. The minimum atomic E-state index is -4.61. The van der Waals surface area contributed by atoms with Gasteiger partial charge in [-0.15, -0.1) is 0 Å². The maximum atomic E-state index is 13.5. The van der Waals surface area contributed by atoms with Crippen molar-refractivity contribution in [1.82, 2.24) is 16.0 Å². The number of hydrogen-bond acceptors (Lipinski definition) is 5. The SMILES string of the molecule is C[C@@H](NC(=O)c1ccccc1CNC(=O)C(=O)NCC#N)c1cc(-c2ccco2)cc(C(F)(F)F)c1. The van der Waals surface area contributed by atoms with E-state index in [1.165, 1.54) is 24.5 Å². The molecular formula is C25H21F3N4O4. The Labute approximate surface area is 204 Å². The second kappa shape index (κ2) is 11.2. The van der Waals surface area contributed by atoms with E-state index in [2.05, 4.69) is 16.0 Å². The molecule has 0 saturated carbocycles. The van der Waals surface area contributed by atoms with Crippen molar-refractivity contribution in [3.63, 3.8) is 0 Å². The number of amides is 3. The highest BCUT2D eigenvalue weighted by Gasteiger charge is 2.32. The summed E-state index contributed by atoms with van der Waals surface area (Å²) < 4.78 is 45.8. The van der Waals surface area contributed by atoms with Gasteiger partial charge >= 0.3 is 18.0 Å². The predicted molar refractivity (Wildman–Crippen MR) is 122 cm³/mol. The van der Waals surface area contributed by atoms with Gasteiger partial charge in [0, 0.05) is 17.7 Å². The van der Waals surface area contributed by atoms with Crippen LogP contribution in [-0.4, -0.2) is 24.3 Å². The van der Waals surface area contributed by atoms with Gasteiger partial charge in [0.15, 0.2) is 0 Å². The molecule has 36 heavy (non-hydrogen) atoms. The molecule has 1 aromatic heterocycles. The summed E-state index contributed by atoms with van der Waals surface area (Å²) in [5.74, 6) is -2.31. The molecule has 2 aromatic carbocycles. The van der Waals surface area contributed by atoms with Gasteiger partial charge in [0.05, 0.1) is 23.9 Å². The monoisotopic (exact) mass is 498 g/mol. The third kappa shape index (κ3) is 6.50. The summed E-state index contributed by atoms with van der Waals surface area (Å²) >= 11 is 0. The Bertz CT molecular complexity index is 1300. The number of furan rings is 1. The molecule has 0 radical (unpaired) electrons. The Morgan fingerprint density at radius 2 is 1.75 bits per heavy atom. The van der Waals surface area contributed by atoms with Gasteiger partial charge in [0.1, 0.15) is 12.3 Å². The van der Waals surface area contributed by atoms with Gasteiger partial charge in [0.2, 0.25) is 0 Å². The van der Waals surface area contributed by atoms with Gasteiger partial charge in [-0.25, -0.2) is 0 Å². The van der Waals surface area contributed by atoms with Crippen LogP contribution in [-0.2, 0) is 22.3 Å². The van der Waals surface area contributed by atoms with Crippen LogP contribution in [0.1, 0.15) is 40.0 Å². The number of alkyl halides is 3. The number of nitriles is 1. The van der Waals surface area contributed by atoms with E-state index in [9.17, 15) is 27.6 Å². The quantitative estimate of drug-likeness (QED) is 0.338. The van der Waals surface area contributed by atoms with Crippen LogP contribution in [0.25, 0.3) is 11.3 Å². The van der Waals surface area contributed by atoms with E-state index >= 15 is 0 Å². The molecule has 0 fully saturated rings. The smallest absolute Gasteiger partial charge is 0.416 e. The van der Waals surface area contributed by atoms with Crippen molar-refractivity contribution in [1.29, 1.82) is 5.26 Å². The predicted octanol–water partition coefficient (Wildman–Crippen LogP) is 3.71. The molecule has 0 unspecified atom stereocenters. The fraction of sp³-hybridized carbons (Fsp3) is 0.200. The number of halogens is 3. The third-order valence-electron chi connectivity index (χ3n) is 5.17. The second-order valence-corrected chi connectivity index (χ2v) is 7.69. The topological polar surface area (TPSA) is 124 Å². The average molecular weight is 498 g/mol. The standard InChI is InChI=1S/C25H21F3N4O4/c1-15(17-11-18(21-7-4-10-36-21)13-19(12-17)25(26,27)28)32-22(33)20-6-3-2-5-16(20)14-31-24(35)23(34)30-9-8-29/h2-7,10-13,15H,9,14H2,1H3,(H,30,34)(H,31,35)(H,32,33)/t15-/m1/s1. The summed E-state index contributed by atoms with van der Waals surface area (Å²) in [6.45, 7) is 1.05. The van der Waals surface area contributed by atoms with Crippen molar-refractivity contribution in [3.8, 4) is 17.4 Å². The lowest BCUT2D eigenvalue weighted by molar-refractivity contribution is -0.139. The first kappa shape index (κ1) is 26.0. The van der Waals surface area contributed by atoms with E-state index < -0.39 is 35.5 Å². The Balaban J connectivity index is 1.78. The molecule has 8 nitrogen and oxygen atoms in total. The van der Waals surface area contributed by atoms with E-state index in [1.54, 1.807) is 37.3 Å². The highest BCUT2D eigenvalue weighted by Crippen LogP contribution is 2.35. The summed E-state index contributed by atoms with van der Waals surface area (Å²) in [5.41, 5.74) is 0.0859. The number of nitrogens with zero attached hydrogens (tertiary/aromatic N) is 1. The van der Waals surface area contributed by atoms with Gasteiger partial charge in [-0.05, 0) is 54.4 Å². The molecule has 0 aliphatic rings. The van der Waals surface area contributed by atoms with Crippen molar-refractivity contribution in [3.05, 3.63) is 83.1 Å². The highest BCUT2D eigenvalue weighted by molar-refractivity contribution is 6.35. The molecule has 1 heterocycles. The second-order valence-electron chi connectivity index (χ2n) is 7.69. The lowest BCUT2D eigenvalue weighted by Crippen LogP contribution is -2.40. The minimum absolute atomic E-state index is 0.164. The van der Waals surface area contributed by atoms with Gasteiger partial charge in [-0.1, -0.05) is 18.2 Å². The van der Waals surface area contributed by atoms with Gasteiger partial charge in [0.25, 0.3) is 5.91 Å². The van der Waals surface area contributed by atoms with Crippen molar-refractivity contribution in [2.45, 2.75) is 25.7 Å². The molecule has 3 aromatic rings. The van der Waals surface area contributed by atoms with E-state index in [1.807, 2.05) is 0 Å². The van der Waals surface area contributed by atoms with E-state index in [0.29, 0.717) is 5.56 Å². The lowest BCUT2D eigenvalue weighted by Gasteiger charge is -2.19. The Morgan fingerprint density at radius 3 is 2.42 bits per heavy atom. The van der Waals surface area contributed by atoms with Crippen molar-refractivity contribution in [2.24, 2.45) is 0 Å². The van der Waals surface area contributed by atoms with Crippen LogP contribution in [0.15, 0.2) is 65.3 Å². The van der Waals surface area contributed by atoms with Crippen molar-refractivity contribution >= 4 is 17.7 Å². The molecule has 0 aliphatic carbocycles. The molecule has 1 atom stereocenters. The molecule has 3 N–H and O–H groups in total. The zero-order chi connectivity index (χ0) is 26.3. The molecular weight excluding hydrogens is 477 g/mol. The maximum Gasteiger partial charge on any atom is 0.416 e. The number of carbonyl (C=O) groups excluding carboxylic acids is 3. The fourth-order valence-corrected chi connectivity index (χ4v) is 3.36. The van der Waals surface area contributed by atoms with Crippen molar-refractivity contribution < 1.29 is 32.0 Å². The molecule has 0 spiro atoms. The van der Waals surface area contributed by atoms with E-state index in [-0.39, 0.29) is 35.5 Å². The zero-order valence-corrected chi connectivity index (χ0v) is 19.0. The number of benzene rings is 2. The number of carbonyl (C=O) groups is 3. The first-order valence-corrected chi connectivity index (χ1v) is 10.7. The molecule has 0 bridgehead atoms. The largest absolute Gasteiger partial charge is 0.464 e. The molecule has 186 valence electrons. The van der Waals surface area contributed by atoms with Crippen LogP contribution < -0.4 is 16.0 Å². The molecule has 3 amide bonds. The Kier molecular flexibility index (Phi) is 8.11. The summed E-state index contributed by atoms with van der Waals surface area (Å²) in [5, 5.41) is 15.6. The van der Waals surface area contributed by atoms with Crippen LogP contribution >= 0.6 is 0 Å². The van der Waals surface area contributed by atoms with Crippen LogP contribution in [0.4, 0.5) is 13.2 Å². The van der Waals surface area contributed by atoms with Crippen LogP contribution in [0.5, 0.6) is 0 Å².